The van der Waals surface area contributed by atoms with Gasteiger partial charge in [-0.05, 0) is 18.2 Å². The Bertz CT molecular complexity index is 667. The van der Waals surface area contributed by atoms with Gasteiger partial charge in [0, 0.05) is 39.3 Å². The third-order valence-corrected chi connectivity index (χ3v) is 5.52. The first-order chi connectivity index (χ1) is 10.9. The van der Waals surface area contributed by atoms with Gasteiger partial charge in [0.15, 0.2) is 0 Å². The molecule has 1 fully saturated rings. The molecule has 2 rings (SSSR count). The molecule has 0 unspecified atom stereocenters. The summed E-state index contributed by atoms with van der Waals surface area (Å²) in [5.74, 6) is -0.567. The van der Waals surface area contributed by atoms with E-state index in [-0.39, 0.29) is 40.3 Å². The first-order valence-electron chi connectivity index (χ1n) is 7.24. The molecule has 1 aromatic rings. The third-order valence-electron chi connectivity index (χ3n) is 3.57. The van der Waals surface area contributed by atoms with E-state index in [1.807, 2.05) is 0 Å². The normalized spacial score (nSPS) is 15.0. The molecule has 1 saturated heterocycles. The second-order valence-electron chi connectivity index (χ2n) is 5.13. The van der Waals surface area contributed by atoms with E-state index in [0.717, 1.165) is 26.2 Å². The molecule has 7 nitrogen and oxygen atoms in total. The van der Waals surface area contributed by atoms with Gasteiger partial charge in [0.2, 0.25) is 10.0 Å². The van der Waals surface area contributed by atoms with E-state index in [1.165, 1.54) is 25.3 Å². The van der Waals surface area contributed by atoms with Crippen LogP contribution in [0.1, 0.15) is 10.4 Å². The van der Waals surface area contributed by atoms with E-state index >= 15 is 0 Å². The monoisotopic (exact) mass is 433 g/mol. The summed E-state index contributed by atoms with van der Waals surface area (Å²) in [6, 6.07) is 3.97. The molecule has 1 aromatic carbocycles. The number of hydrogen-bond donors (Lipinski definition) is 2. The zero-order valence-electron chi connectivity index (χ0n) is 13.7. The summed E-state index contributed by atoms with van der Waals surface area (Å²) in [5.41, 5.74) is 0.206. The van der Waals surface area contributed by atoms with Crippen molar-refractivity contribution in [2.75, 3.05) is 46.4 Å². The second-order valence-corrected chi connectivity index (χ2v) is 7.27. The van der Waals surface area contributed by atoms with Crippen molar-refractivity contribution in [3.63, 3.8) is 0 Å². The summed E-state index contributed by atoms with van der Waals surface area (Å²) >= 11 is 6.00. The minimum Gasteiger partial charge on any atom is -0.465 e. The number of nitrogens with zero attached hydrogens (tertiary/aromatic N) is 1. The van der Waals surface area contributed by atoms with Gasteiger partial charge in [-0.1, -0.05) is 11.6 Å². The minimum atomic E-state index is -3.72. The van der Waals surface area contributed by atoms with Crippen LogP contribution >= 0.6 is 36.4 Å². The Morgan fingerprint density at radius 2 is 1.96 bits per heavy atom. The second kappa shape index (κ2) is 11.2. The first-order valence-corrected chi connectivity index (χ1v) is 9.11. The summed E-state index contributed by atoms with van der Waals surface area (Å²) in [4.78, 5) is 13.5. The molecule has 25 heavy (non-hydrogen) atoms. The predicted octanol–water partition coefficient (Wildman–Crippen LogP) is 1.15. The molecule has 144 valence electrons. The summed E-state index contributed by atoms with van der Waals surface area (Å²) in [6.45, 7) is 4.56. The van der Waals surface area contributed by atoms with Gasteiger partial charge >= 0.3 is 5.97 Å². The van der Waals surface area contributed by atoms with Gasteiger partial charge in [0.25, 0.3) is 0 Å². The molecule has 0 atom stereocenters. The molecule has 0 amide bonds. The Kier molecular flexibility index (Phi) is 10.9. The van der Waals surface area contributed by atoms with Gasteiger partial charge < -0.3 is 10.1 Å². The summed E-state index contributed by atoms with van der Waals surface area (Å²) < 4.78 is 31.7. The van der Waals surface area contributed by atoms with Crippen LogP contribution in [0.4, 0.5) is 0 Å². The third kappa shape index (κ3) is 6.90. The molecule has 0 aromatic heterocycles. The van der Waals surface area contributed by atoms with Crippen molar-refractivity contribution in [1.82, 2.24) is 14.9 Å². The molecule has 11 heteroatoms. The average Bonchev–Trinajstić information content (AvgIpc) is 2.54. The molecule has 1 heterocycles. The van der Waals surface area contributed by atoms with E-state index in [9.17, 15) is 13.2 Å². The van der Waals surface area contributed by atoms with E-state index < -0.39 is 16.0 Å². The van der Waals surface area contributed by atoms with Crippen molar-refractivity contribution < 1.29 is 17.9 Å². The van der Waals surface area contributed by atoms with Crippen molar-refractivity contribution in [2.24, 2.45) is 0 Å². The first kappa shape index (κ1) is 24.4. The molecule has 0 saturated carbocycles. The number of carbonyl (C=O) groups excluding carboxylic acids is 1. The SMILES string of the molecule is COC(=O)c1ccc(S(=O)(=O)NCCN2CCNCC2)c(Cl)c1.Cl.Cl. The van der Waals surface area contributed by atoms with Crippen LogP contribution in [0.3, 0.4) is 0 Å². The van der Waals surface area contributed by atoms with Crippen molar-refractivity contribution in [2.45, 2.75) is 4.90 Å². The van der Waals surface area contributed by atoms with Gasteiger partial charge in [0.05, 0.1) is 17.7 Å². The Morgan fingerprint density at radius 3 is 2.52 bits per heavy atom. The van der Waals surface area contributed by atoms with E-state index in [1.54, 1.807) is 0 Å². The van der Waals surface area contributed by atoms with Crippen LogP contribution in [-0.4, -0.2) is 65.7 Å². The lowest BCUT2D eigenvalue weighted by Gasteiger charge is -2.27. The van der Waals surface area contributed by atoms with Crippen LogP contribution in [0.15, 0.2) is 23.1 Å². The predicted molar refractivity (Wildman–Crippen MR) is 102 cm³/mol. The van der Waals surface area contributed by atoms with Gasteiger partial charge in [-0.15, -0.1) is 24.8 Å². The maximum Gasteiger partial charge on any atom is 0.337 e. The highest BCUT2D eigenvalue weighted by Crippen LogP contribution is 2.22. The van der Waals surface area contributed by atoms with Crippen LogP contribution in [0, 0.1) is 0 Å². The highest BCUT2D eigenvalue weighted by atomic mass is 35.5. The van der Waals surface area contributed by atoms with Crippen molar-refractivity contribution in [1.29, 1.82) is 0 Å². The van der Waals surface area contributed by atoms with Crippen LogP contribution < -0.4 is 10.0 Å². The number of rotatable bonds is 6. The van der Waals surface area contributed by atoms with Crippen LogP contribution in [0.5, 0.6) is 0 Å². The van der Waals surface area contributed by atoms with E-state index in [4.69, 9.17) is 11.6 Å². The number of ether oxygens (including phenoxy) is 1. The lowest BCUT2D eigenvalue weighted by Crippen LogP contribution is -2.46. The Hall–Kier alpha value is -0.610. The number of carbonyl (C=O) groups is 1. The number of benzene rings is 1. The van der Waals surface area contributed by atoms with Gasteiger partial charge in [-0.25, -0.2) is 17.9 Å². The molecule has 0 spiro atoms. The standard InChI is InChI=1S/C14H20ClN3O4S.2ClH/c1-22-14(19)11-2-3-13(12(15)10-11)23(20,21)17-6-9-18-7-4-16-5-8-18;;/h2-3,10,16-17H,4-9H2,1H3;2*1H. The van der Waals surface area contributed by atoms with Gasteiger partial charge in [-0.3, -0.25) is 4.90 Å². The molecule has 0 radical (unpaired) electrons. The fourth-order valence-corrected chi connectivity index (χ4v) is 3.88. The molecule has 0 bridgehead atoms. The van der Waals surface area contributed by atoms with Crippen LogP contribution in [0.25, 0.3) is 0 Å². The average molecular weight is 435 g/mol. The number of esters is 1. The number of sulfonamides is 1. The molecule has 2 N–H and O–H groups in total. The maximum absolute atomic E-state index is 12.3. The Balaban J connectivity index is 0.00000288. The van der Waals surface area contributed by atoms with Gasteiger partial charge in [-0.2, -0.15) is 0 Å². The quantitative estimate of drug-likeness (QED) is 0.653. The summed E-state index contributed by atoms with van der Waals surface area (Å²) in [5, 5.41) is 3.23. The number of halogens is 3. The smallest absolute Gasteiger partial charge is 0.337 e. The Labute approximate surface area is 165 Å². The fourth-order valence-electron chi connectivity index (χ4n) is 2.31. The lowest BCUT2D eigenvalue weighted by atomic mass is 10.2. The van der Waals surface area contributed by atoms with Crippen LogP contribution in [0.2, 0.25) is 5.02 Å². The highest BCUT2D eigenvalue weighted by Gasteiger charge is 2.20. The molecular formula is C14H22Cl3N3O4S. The summed E-state index contributed by atoms with van der Waals surface area (Å²) in [7, 11) is -2.47. The maximum atomic E-state index is 12.3. The van der Waals surface area contributed by atoms with Crippen molar-refractivity contribution >= 4 is 52.4 Å². The number of methoxy groups -OCH3 is 1. The molecule has 1 aliphatic heterocycles. The molecule has 1 aliphatic rings. The Morgan fingerprint density at radius 1 is 1.32 bits per heavy atom. The zero-order valence-corrected chi connectivity index (χ0v) is 16.9. The van der Waals surface area contributed by atoms with E-state index in [0.29, 0.717) is 13.1 Å². The van der Waals surface area contributed by atoms with Crippen molar-refractivity contribution in [3.8, 4) is 0 Å². The van der Waals surface area contributed by atoms with E-state index in [2.05, 4.69) is 19.7 Å². The number of hydrogen-bond acceptors (Lipinski definition) is 6. The fraction of sp³-hybridized carbons (Fsp3) is 0.500. The van der Waals surface area contributed by atoms with Gasteiger partial charge in [0.1, 0.15) is 4.90 Å². The zero-order chi connectivity index (χ0) is 16.9. The number of nitrogens with one attached hydrogen (secondary N) is 2. The topological polar surface area (TPSA) is 87.7 Å². The van der Waals surface area contributed by atoms with Crippen LogP contribution in [-0.2, 0) is 14.8 Å². The molecule has 0 aliphatic carbocycles. The van der Waals surface area contributed by atoms with Crippen molar-refractivity contribution in [3.05, 3.63) is 28.8 Å². The highest BCUT2D eigenvalue weighted by molar-refractivity contribution is 7.89. The number of piperazine rings is 1. The molecular weight excluding hydrogens is 413 g/mol. The lowest BCUT2D eigenvalue weighted by molar-refractivity contribution is 0.0600. The largest absolute Gasteiger partial charge is 0.465 e. The summed E-state index contributed by atoms with van der Waals surface area (Å²) in [6.07, 6.45) is 0. The minimum absolute atomic E-state index is 0.